The number of carbonyl (C=O) groups is 1. The minimum Gasteiger partial charge on any atom is -0.508 e. The van der Waals surface area contributed by atoms with Crippen LogP contribution in [0.2, 0.25) is 5.02 Å². The van der Waals surface area contributed by atoms with Gasteiger partial charge in [0, 0.05) is 16.1 Å². The second-order valence-electron chi connectivity index (χ2n) is 5.86. The Labute approximate surface area is 155 Å². The highest BCUT2D eigenvalue weighted by Crippen LogP contribution is 2.34. The quantitative estimate of drug-likeness (QED) is 0.610. The first-order valence-electron chi connectivity index (χ1n) is 7.94. The minimum absolute atomic E-state index is 0.128. The molecule has 26 heavy (non-hydrogen) atoms. The average molecular weight is 373 g/mol. The van der Waals surface area contributed by atoms with E-state index in [-0.39, 0.29) is 5.75 Å². The number of aryl methyl sites for hydroxylation is 1. The second kappa shape index (κ2) is 7.49. The molecular formula is C19H17ClN2O4. The number of benzene rings is 2. The van der Waals surface area contributed by atoms with Crippen LogP contribution in [0.15, 0.2) is 53.1 Å². The number of nitrogens with zero attached hydrogens (tertiary/aromatic N) is 1. The van der Waals surface area contributed by atoms with Gasteiger partial charge >= 0.3 is 6.09 Å². The van der Waals surface area contributed by atoms with Crippen LogP contribution in [0.25, 0.3) is 11.3 Å². The van der Waals surface area contributed by atoms with Gasteiger partial charge in [-0.05, 0) is 49.2 Å². The van der Waals surface area contributed by atoms with E-state index in [0.717, 1.165) is 5.56 Å². The van der Waals surface area contributed by atoms with Gasteiger partial charge in [-0.1, -0.05) is 35.0 Å². The summed E-state index contributed by atoms with van der Waals surface area (Å²) in [6, 6.07) is 13.1. The fourth-order valence-corrected chi connectivity index (χ4v) is 3.08. The van der Waals surface area contributed by atoms with Crippen LogP contribution >= 0.6 is 11.6 Å². The molecule has 0 aliphatic heterocycles. The van der Waals surface area contributed by atoms with E-state index >= 15 is 0 Å². The molecule has 0 saturated heterocycles. The molecule has 3 N–H and O–H groups in total. The van der Waals surface area contributed by atoms with Gasteiger partial charge in [-0.15, -0.1) is 0 Å². The van der Waals surface area contributed by atoms with E-state index in [0.29, 0.717) is 34.0 Å². The molecule has 3 aromatic rings. The number of phenols is 1. The zero-order chi connectivity index (χ0) is 18.7. The topological polar surface area (TPSA) is 95.6 Å². The molecule has 1 amide bonds. The van der Waals surface area contributed by atoms with E-state index in [1.807, 2.05) is 18.2 Å². The molecule has 0 saturated carbocycles. The van der Waals surface area contributed by atoms with E-state index in [1.165, 1.54) is 12.1 Å². The summed E-state index contributed by atoms with van der Waals surface area (Å²) in [4.78, 5) is 11.4. The Bertz CT molecular complexity index is 922. The summed E-state index contributed by atoms with van der Waals surface area (Å²) in [5.74, 6) is 0.580. The van der Waals surface area contributed by atoms with E-state index in [4.69, 9.17) is 16.1 Å². The first-order valence-corrected chi connectivity index (χ1v) is 8.32. The maximum absolute atomic E-state index is 11.4. The monoisotopic (exact) mass is 372 g/mol. The molecule has 6 nitrogen and oxygen atoms in total. The van der Waals surface area contributed by atoms with Crippen molar-refractivity contribution < 1.29 is 19.5 Å². The van der Waals surface area contributed by atoms with Crippen molar-refractivity contribution in [2.45, 2.75) is 19.4 Å². The third-order valence-electron chi connectivity index (χ3n) is 4.07. The van der Waals surface area contributed by atoms with Crippen molar-refractivity contribution in [2.75, 3.05) is 0 Å². The lowest BCUT2D eigenvalue weighted by atomic mass is 9.95. The highest BCUT2D eigenvalue weighted by atomic mass is 35.5. The third kappa shape index (κ3) is 3.81. The summed E-state index contributed by atoms with van der Waals surface area (Å²) in [6.45, 7) is 1.76. The number of halogens is 1. The lowest BCUT2D eigenvalue weighted by molar-refractivity contribution is 0.190. The van der Waals surface area contributed by atoms with Crippen LogP contribution in [-0.2, 0) is 6.42 Å². The van der Waals surface area contributed by atoms with Crippen LogP contribution in [-0.4, -0.2) is 21.5 Å². The van der Waals surface area contributed by atoms with Crippen molar-refractivity contribution in [1.29, 1.82) is 0 Å². The Kier molecular flexibility index (Phi) is 5.14. The summed E-state index contributed by atoms with van der Waals surface area (Å²) >= 11 is 6.24. The van der Waals surface area contributed by atoms with Crippen LogP contribution in [0.1, 0.15) is 22.9 Å². The Morgan fingerprint density at radius 2 is 1.92 bits per heavy atom. The van der Waals surface area contributed by atoms with Crippen molar-refractivity contribution in [3.05, 3.63) is 70.4 Å². The molecule has 1 heterocycles. The summed E-state index contributed by atoms with van der Waals surface area (Å²) < 4.78 is 5.45. The zero-order valence-corrected chi connectivity index (χ0v) is 14.7. The summed E-state index contributed by atoms with van der Waals surface area (Å²) in [5, 5.41) is 25.9. The van der Waals surface area contributed by atoms with Crippen LogP contribution in [0.4, 0.5) is 4.79 Å². The molecule has 7 heteroatoms. The summed E-state index contributed by atoms with van der Waals surface area (Å²) in [5.41, 5.74) is 2.72. The third-order valence-corrected chi connectivity index (χ3v) is 4.43. The van der Waals surface area contributed by atoms with E-state index in [2.05, 4.69) is 10.5 Å². The summed E-state index contributed by atoms with van der Waals surface area (Å²) in [6.07, 6.45) is -0.807. The molecular weight excluding hydrogens is 356 g/mol. The van der Waals surface area contributed by atoms with Crippen molar-refractivity contribution in [1.82, 2.24) is 10.5 Å². The molecule has 0 aliphatic carbocycles. The van der Waals surface area contributed by atoms with Crippen LogP contribution < -0.4 is 5.32 Å². The molecule has 2 aromatic carbocycles. The van der Waals surface area contributed by atoms with Gasteiger partial charge in [0.15, 0.2) is 5.76 Å². The number of aromatic hydroxyl groups is 1. The first-order chi connectivity index (χ1) is 12.5. The van der Waals surface area contributed by atoms with Crippen molar-refractivity contribution >= 4 is 17.7 Å². The fourth-order valence-electron chi connectivity index (χ4n) is 2.87. The van der Waals surface area contributed by atoms with E-state index < -0.39 is 12.1 Å². The molecule has 1 atom stereocenters. The smallest absolute Gasteiger partial charge is 0.405 e. The highest BCUT2D eigenvalue weighted by Gasteiger charge is 2.26. The Hall–Kier alpha value is -2.99. The average Bonchev–Trinajstić information content (AvgIpc) is 2.98. The van der Waals surface area contributed by atoms with Crippen molar-refractivity contribution in [3.63, 3.8) is 0 Å². The van der Waals surface area contributed by atoms with Gasteiger partial charge in [0.05, 0.1) is 11.7 Å². The Morgan fingerprint density at radius 1 is 1.23 bits per heavy atom. The molecule has 0 spiro atoms. The predicted molar refractivity (Wildman–Crippen MR) is 97.4 cm³/mol. The van der Waals surface area contributed by atoms with Crippen LogP contribution in [0.3, 0.4) is 0 Å². The number of phenolic OH excluding ortho intramolecular Hbond substituents is 1. The van der Waals surface area contributed by atoms with Gasteiger partial charge in [-0.2, -0.15) is 0 Å². The number of hydrogen-bond donors (Lipinski definition) is 3. The fraction of sp³-hybridized carbons (Fsp3) is 0.158. The maximum atomic E-state index is 11.4. The predicted octanol–water partition coefficient (Wildman–Crippen LogP) is 4.56. The largest absolute Gasteiger partial charge is 0.508 e. The Balaban J connectivity index is 2.04. The Morgan fingerprint density at radius 3 is 2.58 bits per heavy atom. The standard InChI is InChI=1S/C19H17ClN2O4/c1-11-17(18(26-22-11)12-6-8-14(23)9-7-12)16(21-19(24)25)10-13-4-2-3-5-15(13)20/h2-9,16,21,23H,10H2,1H3,(H,24,25)/t16-/m1/s1. The molecule has 0 bridgehead atoms. The molecule has 0 fully saturated rings. The van der Waals surface area contributed by atoms with Gasteiger partial charge in [0.1, 0.15) is 5.75 Å². The SMILES string of the molecule is Cc1noc(-c2ccc(O)cc2)c1[C@@H](Cc1ccccc1Cl)NC(=O)O. The lowest BCUT2D eigenvalue weighted by Crippen LogP contribution is -2.29. The van der Waals surface area contributed by atoms with Crippen molar-refractivity contribution in [3.8, 4) is 17.1 Å². The second-order valence-corrected chi connectivity index (χ2v) is 6.26. The number of amides is 1. The lowest BCUT2D eigenvalue weighted by Gasteiger charge is -2.18. The molecule has 3 rings (SSSR count). The van der Waals surface area contributed by atoms with E-state index in [9.17, 15) is 15.0 Å². The van der Waals surface area contributed by atoms with Gasteiger partial charge in [0.25, 0.3) is 0 Å². The zero-order valence-electron chi connectivity index (χ0n) is 13.9. The number of rotatable bonds is 5. The molecule has 0 radical (unpaired) electrons. The minimum atomic E-state index is -1.15. The first kappa shape index (κ1) is 17.8. The van der Waals surface area contributed by atoms with Gasteiger partial charge in [-0.25, -0.2) is 4.79 Å². The highest BCUT2D eigenvalue weighted by molar-refractivity contribution is 6.31. The molecule has 134 valence electrons. The normalized spacial score (nSPS) is 11.9. The number of hydrogen-bond acceptors (Lipinski definition) is 4. The van der Waals surface area contributed by atoms with Crippen LogP contribution in [0, 0.1) is 6.92 Å². The summed E-state index contributed by atoms with van der Waals surface area (Å²) in [7, 11) is 0. The van der Waals surface area contributed by atoms with Crippen molar-refractivity contribution in [2.24, 2.45) is 0 Å². The van der Waals surface area contributed by atoms with Gasteiger partial charge in [-0.3, -0.25) is 0 Å². The number of carboxylic acid groups (broad SMARTS) is 1. The van der Waals surface area contributed by atoms with Gasteiger partial charge in [0.2, 0.25) is 0 Å². The molecule has 0 aliphatic rings. The molecule has 0 unspecified atom stereocenters. The maximum Gasteiger partial charge on any atom is 0.405 e. The molecule has 1 aromatic heterocycles. The number of nitrogens with one attached hydrogen (secondary N) is 1. The van der Waals surface area contributed by atoms with Crippen LogP contribution in [0.5, 0.6) is 5.75 Å². The van der Waals surface area contributed by atoms with E-state index in [1.54, 1.807) is 25.1 Å². The number of aromatic nitrogens is 1. The van der Waals surface area contributed by atoms with Gasteiger partial charge < -0.3 is 20.1 Å².